The van der Waals surface area contributed by atoms with Crippen molar-refractivity contribution in [2.45, 2.75) is 19.2 Å². The second-order valence-corrected chi connectivity index (χ2v) is 8.17. The zero-order chi connectivity index (χ0) is 17.0. The van der Waals surface area contributed by atoms with E-state index < -0.39 is 0 Å². The Morgan fingerprint density at radius 3 is 2.74 bits per heavy atom. The van der Waals surface area contributed by atoms with Crippen LogP contribution >= 0.6 is 23.5 Å². The normalized spacial score (nSPS) is 24.4. The first-order valence-electron chi connectivity index (χ1n) is 7.49. The van der Waals surface area contributed by atoms with Crippen LogP contribution < -0.4 is 5.32 Å². The van der Waals surface area contributed by atoms with Gasteiger partial charge in [0.2, 0.25) is 0 Å². The number of hydrogen-bond donors (Lipinski definition) is 1. The SMILES string of the molecule is CCSC1=C(C#N)C(=O)NC(C2=CC(C)C=C(N(C)C)C=C2)S1. The van der Waals surface area contributed by atoms with Crippen molar-refractivity contribution in [2.24, 2.45) is 5.92 Å². The van der Waals surface area contributed by atoms with Crippen LogP contribution in [0, 0.1) is 17.2 Å². The third kappa shape index (κ3) is 4.24. The quantitative estimate of drug-likeness (QED) is 0.846. The van der Waals surface area contributed by atoms with Crippen LogP contribution in [0.4, 0.5) is 0 Å². The number of rotatable bonds is 4. The van der Waals surface area contributed by atoms with Crippen LogP contribution in [0.3, 0.4) is 0 Å². The van der Waals surface area contributed by atoms with Gasteiger partial charge in [-0.15, -0.1) is 11.8 Å². The van der Waals surface area contributed by atoms with Crippen LogP contribution in [0.1, 0.15) is 13.8 Å². The van der Waals surface area contributed by atoms with Gasteiger partial charge in [0.1, 0.15) is 17.0 Å². The van der Waals surface area contributed by atoms with Crippen LogP contribution in [0.5, 0.6) is 0 Å². The number of nitrogens with one attached hydrogen (secondary N) is 1. The monoisotopic (exact) mass is 347 g/mol. The highest BCUT2D eigenvalue weighted by Crippen LogP contribution is 2.40. The van der Waals surface area contributed by atoms with Crippen molar-refractivity contribution >= 4 is 29.4 Å². The molecule has 2 atom stereocenters. The highest BCUT2D eigenvalue weighted by atomic mass is 32.2. The lowest BCUT2D eigenvalue weighted by molar-refractivity contribution is -0.117. The highest BCUT2D eigenvalue weighted by molar-refractivity contribution is 8.22. The van der Waals surface area contributed by atoms with Crippen molar-refractivity contribution in [3.05, 3.63) is 45.4 Å². The van der Waals surface area contributed by atoms with Crippen LogP contribution in [-0.2, 0) is 4.79 Å². The number of likely N-dealkylation sites (N-methyl/N-ethyl adjacent to an activating group) is 1. The molecular formula is C17H21N3OS2. The Hall–Kier alpha value is -1.58. The average molecular weight is 348 g/mol. The number of amides is 1. The van der Waals surface area contributed by atoms with E-state index in [2.05, 4.69) is 41.4 Å². The fourth-order valence-electron chi connectivity index (χ4n) is 2.35. The van der Waals surface area contributed by atoms with Gasteiger partial charge in [0.15, 0.2) is 0 Å². The number of thioether (sulfide) groups is 2. The molecule has 1 aliphatic heterocycles. The van der Waals surface area contributed by atoms with Gasteiger partial charge in [-0.25, -0.2) is 0 Å². The maximum absolute atomic E-state index is 12.2. The summed E-state index contributed by atoms with van der Waals surface area (Å²) in [6, 6.07) is 2.03. The van der Waals surface area contributed by atoms with Gasteiger partial charge < -0.3 is 10.2 Å². The van der Waals surface area contributed by atoms with Crippen molar-refractivity contribution in [1.82, 2.24) is 10.2 Å². The molecule has 0 fully saturated rings. The van der Waals surface area contributed by atoms with Gasteiger partial charge in [0.25, 0.3) is 5.91 Å². The molecular weight excluding hydrogens is 326 g/mol. The topological polar surface area (TPSA) is 56.1 Å². The summed E-state index contributed by atoms with van der Waals surface area (Å²) < 4.78 is 0.816. The minimum absolute atomic E-state index is 0.151. The van der Waals surface area contributed by atoms with Crippen molar-refractivity contribution in [3.63, 3.8) is 0 Å². The lowest BCUT2D eigenvalue weighted by Gasteiger charge is -2.26. The molecule has 23 heavy (non-hydrogen) atoms. The van der Waals surface area contributed by atoms with E-state index in [-0.39, 0.29) is 22.8 Å². The van der Waals surface area contributed by atoms with Crippen molar-refractivity contribution in [2.75, 3.05) is 19.8 Å². The van der Waals surface area contributed by atoms with E-state index in [1.165, 1.54) is 0 Å². The fraction of sp³-hybridized carbons (Fsp3) is 0.412. The van der Waals surface area contributed by atoms with Gasteiger partial charge >= 0.3 is 0 Å². The molecule has 1 N–H and O–H groups in total. The Kier molecular flexibility index (Phi) is 6.03. The summed E-state index contributed by atoms with van der Waals surface area (Å²) in [7, 11) is 4.03. The minimum Gasteiger partial charge on any atom is -0.378 e. The minimum atomic E-state index is -0.279. The molecule has 4 nitrogen and oxygen atoms in total. The first kappa shape index (κ1) is 17.8. The Labute approximate surface area is 146 Å². The number of hydrogen-bond acceptors (Lipinski definition) is 5. The molecule has 0 aromatic rings. The number of carbonyl (C=O) groups is 1. The molecule has 0 aromatic carbocycles. The van der Waals surface area contributed by atoms with E-state index in [4.69, 9.17) is 0 Å². The van der Waals surface area contributed by atoms with Gasteiger partial charge in [-0.3, -0.25) is 4.79 Å². The summed E-state index contributed by atoms with van der Waals surface area (Å²) in [5.74, 6) is 0.836. The molecule has 1 amide bonds. The molecule has 1 aliphatic carbocycles. The second kappa shape index (κ2) is 7.80. The van der Waals surface area contributed by atoms with Crippen LogP contribution in [0.25, 0.3) is 0 Å². The van der Waals surface area contributed by atoms with E-state index in [1.807, 2.05) is 27.1 Å². The lowest BCUT2D eigenvalue weighted by Crippen LogP contribution is -2.38. The maximum atomic E-state index is 12.2. The average Bonchev–Trinajstić information content (AvgIpc) is 2.69. The van der Waals surface area contributed by atoms with E-state index >= 15 is 0 Å². The number of nitrogens with zero attached hydrogens (tertiary/aromatic N) is 2. The molecule has 6 heteroatoms. The summed E-state index contributed by atoms with van der Waals surface area (Å²) >= 11 is 3.11. The Morgan fingerprint density at radius 2 is 2.13 bits per heavy atom. The molecule has 0 saturated heterocycles. The van der Waals surface area contributed by atoms with Gasteiger partial charge in [-0.1, -0.05) is 43.8 Å². The van der Waals surface area contributed by atoms with E-state index in [0.717, 1.165) is 21.3 Å². The van der Waals surface area contributed by atoms with Gasteiger partial charge in [0.05, 0.1) is 4.24 Å². The van der Waals surface area contributed by atoms with Crippen molar-refractivity contribution in [1.29, 1.82) is 5.26 Å². The fourth-order valence-corrected chi connectivity index (χ4v) is 4.74. The first-order chi connectivity index (χ1) is 11.0. The Balaban J connectivity index is 2.27. The smallest absolute Gasteiger partial charge is 0.264 e. The van der Waals surface area contributed by atoms with Crippen LogP contribution in [-0.4, -0.2) is 36.0 Å². The largest absolute Gasteiger partial charge is 0.378 e. The number of allylic oxidation sites excluding steroid dienone is 3. The first-order valence-corrected chi connectivity index (χ1v) is 9.36. The summed E-state index contributed by atoms with van der Waals surface area (Å²) in [5.41, 5.74) is 2.44. The Morgan fingerprint density at radius 1 is 1.39 bits per heavy atom. The summed E-state index contributed by atoms with van der Waals surface area (Å²) in [6.45, 7) is 4.15. The van der Waals surface area contributed by atoms with E-state index in [9.17, 15) is 10.1 Å². The van der Waals surface area contributed by atoms with Crippen molar-refractivity contribution in [3.8, 4) is 6.07 Å². The molecule has 2 aliphatic rings. The molecule has 0 saturated carbocycles. The third-order valence-electron chi connectivity index (χ3n) is 3.46. The molecule has 0 radical (unpaired) electrons. The number of nitriles is 1. The molecule has 2 unspecified atom stereocenters. The van der Waals surface area contributed by atoms with Gasteiger partial charge in [-0.05, 0) is 23.3 Å². The van der Waals surface area contributed by atoms with Crippen molar-refractivity contribution < 1.29 is 4.79 Å². The highest BCUT2D eigenvalue weighted by Gasteiger charge is 2.29. The summed E-state index contributed by atoms with van der Waals surface area (Å²) in [6.07, 6.45) is 8.48. The summed E-state index contributed by atoms with van der Waals surface area (Å²) in [4.78, 5) is 14.3. The predicted octanol–water partition coefficient (Wildman–Crippen LogP) is 3.24. The molecule has 2 rings (SSSR count). The Bertz CT molecular complexity index is 653. The second-order valence-electron chi connectivity index (χ2n) is 5.52. The standard InChI is InChI=1S/C17H21N3OS2/c1-5-22-17-14(10-18)15(21)19-16(23-17)12-6-7-13(20(3)4)9-11(2)8-12/h6-9,11,16H,5H2,1-4H3,(H,19,21). The predicted molar refractivity (Wildman–Crippen MR) is 98.4 cm³/mol. The van der Waals surface area contributed by atoms with Crippen LogP contribution in [0.15, 0.2) is 45.4 Å². The molecule has 0 aromatic heterocycles. The van der Waals surface area contributed by atoms with Gasteiger partial charge in [0, 0.05) is 19.8 Å². The molecule has 1 heterocycles. The molecule has 0 spiro atoms. The van der Waals surface area contributed by atoms with E-state index in [1.54, 1.807) is 23.5 Å². The number of carbonyl (C=O) groups excluding carboxylic acids is 1. The van der Waals surface area contributed by atoms with Gasteiger partial charge in [-0.2, -0.15) is 5.26 Å². The molecule has 122 valence electrons. The molecule has 0 bridgehead atoms. The maximum Gasteiger partial charge on any atom is 0.264 e. The van der Waals surface area contributed by atoms with Crippen LogP contribution in [0.2, 0.25) is 0 Å². The van der Waals surface area contributed by atoms with E-state index in [0.29, 0.717) is 0 Å². The zero-order valence-corrected chi connectivity index (χ0v) is 15.4. The third-order valence-corrected chi connectivity index (χ3v) is 5.90. The zero-order valence-electron chi connectivity index (χ0n) is 13.8. The lowest BCUT2D eigenvalue weighted by atomic mass is 10.1. The summed E-state index contributed by atoms with van der Waals surface area (Å²) in [5, 5.41) is 12.0.